The normalized spacial score (nSPS) is 14.0. The van der Waals surface area contributed by atoms with E-state index in [9.17, 15) is 9.59 Å². The first-order valence-corrected chi connectivity index (χ1v) is 11.6. The minimum Gasteiger partial charge on any atom is -0.482 e. The fourth-order valence-electron chi connectivity index (χ4n) is 3.37. The van der Waals surface area contributed by atoms with E-state index < -0.39 is 0 Å². The van der Waals surface area contributed by atoms with Crippen LogP contribution < -0.4 is 15.0 Å². The number of rotatable bonds is 6. The van der Waals surface area contributed by atoms with Crippen LogP contribution in [-0.2, 0) is 16.6 Å². The van der Waals surface area contributed by atoms with Crippen LogP contribution in [-0.4, -0.2) is 38.9 Å². The molecular weight excluding hydrogens is 529 g/mol. The van der Waals surface area contributed by atoms with Crippen LogP contribution in [0.4, 0.5) is 11.4 Å². The molecule has 0 saturated heterocycles. The van der Waals surface area contributed by atoms with Crippen LogP contribution in [0.1, 0.15) is 18.8 Å². The van der Waals surface area contributed by atoms with Gasteiger partial charge in [0.1, 0.15) is 5.75 Å². The van der Waals surface area contributed by atoms with Crippen molar-refractivity contribution in [2.75, 3.05) is 22.6 Å². The lowest BCUT2D eigenvalue weighted by Crippen LogP contribution is -2.41. The van der Waals surface area contributed by atoms with Crippen LogP contribution in [0.25, 0.3) is 0 Å². The second-order valence-corrected chi connectivity index (χ2v) is 9.13. The van der Waals surface area contributed by atoms with E-state index in [0.717, 1.165) is 9.26 Å². The molecule has 1 aliphatic rings. The van der Waals surface area contributed by atoms with Crippen LogP contribution in [0, 0.1) is 3.57 Å². The van der Waals surface area contributed by atoms with Crippen molar-refractivity contribution in [1.29, 1.82) is 0 Å². The van der Waals surface area contributed by atoms with Crippen LogP contribution in [0.3, 0.4) is 0 Å². The third-order valence-electron chi connectivity index (χ3n) is 4.81. The molecule has 4 rings (SSSR count). The number of hydrogen-bond donors (Lipinski definition) is 1. The first-order valence-electron chi connectivity index (χ1n) is 9.55. The fraction of sp³-hybridized carbons (Fsp3) is 0.238. The molecule has 160 valence electrons. The van der Waals surface area contributed by atoms with Gasteiger partial charge in [0.05, 0.1) is 17.5 Å². The number of hydrogen-bond acceptors (Lipinski definition) is 6. The summed E-state index contributed by atoms with van der Waals surface area (Å²) < 4.78 is 8.39. The lowest BCUT2D eigenvalue weighted by molar-refractivity contribution is -0.121. The van der Waals surface area contributed by atoms with E-state index in [1.165, 1.54) is 11.8 Å². The van der Waals surface area contributed by atoms with E-state index >= 15 is 0 Å². The largest absolute Gasteiger partial charge is 0.482 e. The van der Waals surface area contributed by atoms with Gasteiger partial charge in [0.2, 0.25) is 5.91 Å². The van der Waals surface area contributed by atoms with Gasteiger partial charge in [-0.3, -0.25) is 14.5 Å². The summed E-state index contributed by atoms with van der Waals surface area (Å²) in [4.78, 5) is 26.6. The lowest BCUT2D eigenvalue weighted by Gasteiger charge is -2.33. The van der Waals surface area contributed by atoms with Crippen molar-refractivity contribution in [3.63, 3.8) is 0 Å². The number of nitrogens with one attached hydrogen (secondary N) is 1. The Hall–Kier alpha value is -2.60. The molecule has 0 fully saturated rings. The van der Waals surface area contributed by atoms with Gasteiger partial charge < -0.3 is 14.6 Å². The van der Waals surface area contributed by atoms with E-state index in [-0.39, 0.29) is 30.2 Å². The Kier molecular flexibility index (Phi) is 6.46. The molecule has 1 N–H and O–H groups in total. The smallest absolute Gasteiger partial charge is 0.265 e. The van der Waals surface area contributed by atoms with Gasteiger partial charge in [0.15, 0.2) is 17.6 Å². The molecule has 0 aliphatic carbocycles. The van der Waals surface area contributed by atoms with E-state index in [1.54, 1.807) is 4.90 Å². The van der Waals surface area contributed by atoms with Crippen LogP contribution in [0.2, 0.25) is 0 Å². The molecule has 0 bridgehead atoms. The first kappa shape index (κ1) is 21.6. The monoisotopic (exact) mass is 549 g/mol. The van der Waals surface area contributed by atoms with E-state index in [4.69, 9.17) is 4.74 Å². The molecule has 1 aromatic heterocycles. The minimum absolute atomic E-state index is 0.0145. The zero-order valence-corrected chi connectivity index (χ0v) is 19.9. The van der Waals surface area contributed by atoms with Crippen molar-refractivity contribution in [3.8, 4) is 5.75 Å². The lowest BCUT2D eigenvalue weighted by atomic mass is 10.1. The Morgan fingerprint density at radius 1 is 1.26 bits per heavy atom. The first-order chi connectivity index (χ1) is 14.9. The second kappa shape index (κ2) is 9.27. The summed E-state index contributed by atoms with van der Waals surface area (Å²) in [7, 11) is 1.84. The predicted octanol–water partition coefficient (Wildman–Crippen LogP) is 3.64. The van der Waals surface area contributed by atoms with Gasteiger partial charge in [-0.05, 0) is 59.8 Å². The molecule has 0 saturated carbocycles. The summed E-state index contributed by atoms with van der Waals surface area (Å²) in [5.41, 5.74) is 1.47. The van der Waals surface area contributed by atoms with Gasteiger partial charge in [-0.2, -0.15) is 0 Å². The van der Waals surface area contributed by atoms with Gasteiger partial charge >= 0.3 is 0 Å². The Bertz CT molecular complexity index is 1140. The molecule has 10 heteroatoms. The average molecular weight is 549 g/mol. The maximum absolute atomic E-state index is 12.6. The van der Waals surface area contributed by atoms with Crippen molar-refractivity contribution < 1.29 is 14.3 Å². The molecule has 0 spiro atoms. The summed E-state index contributed by atoms with van der Waals surface area (Å²) in [5, 5.41) is 12.0. The zero-order chi connectivity index (χ0) is 22.0. The Balaban J connectivity index is 1.46. The molecule has 8 nitrogen and oxygen atoms in total. The van der Waals surface area contributed by atoms with E-state index in [2.05, 4.69) is 38.1 Å². The van der Waals surface area contributed by atoms with Gasteiger partial charge in [-0.25, -0.2) is 0 Å². The van der Waals surface area contributed by atoms with Gasteiger partial charge in [-0.1, -0.05) is 30.0 Å². The molecule has 1 atom stereocenters. The molecule has 2 aromatic carbocycles. The number of anilines is 2. The summed E-state index contributed by atoms with van der Waals surface area (Å²) in [6, 6.07) is 14.7. The Morgan fingerprint density at radius 3 is 2.87 bits per heavy atom. The van der Waals surface area contributed by atoms with Gasteiger partial charge in [0, 0.05) is 16.3 Å². The number of carbonyl (C=O) groups is 2. The van der Waals surface area contributed by atoms with Crippen molar-refractivity contribution in [2.24, 2.45) is 7.05 Å². The highest BCUT2D eigenvalue weighted by Crippen LogP contribution is 2.37. The molecule has 31 heavy (non-hydrogen) atoms. The number of fused-ring (bicyclic) bond motifs is 1. The van der Waals surface area contributed by atoms with Crippen LogP contribution >= 0.6 is 34.4 Å². The Labute approximate surface area is 197 Å². The number of benzene rings is 2. The maximum Gasteiger partial charge on any atom is 0.265 e. The number of carbonyl (C=O) groups excluding carboxylic acids is 2. The van der Waals surface area contributed by atoms with Gasteiger partial charge in [0.25, 0.3) is 5.91 Å². The molecule has 2 amide bonds. The molecule has 2 heterocycles. The number of amides is 2. The van der Waals surface area contributed by atoms with Crippen molar-refractivity contribution in [2.45, 2.75) is 18.1 Å². The van der Waals surface area contributed by atoms with Crippen LogP contribution in [0.5, 0.6) is 5.75 Å². The number of aromatic nitrogens is 3. The predicted molar refractivity (Wildman–Crippen MR) is 127 cm³/mol. The summed E-state index contributed by atoms with van der Waals surface area (Å²) in [6.45, 7) is 1.89. The number of thioether (sulfide) groups is 1. The third-order valence-corrected chi connectivity index (χ3v) is 6.51. The van der Waals surface area contributed by atoms with Crippen molar-refractivity contribution in [1.82, 2.24) is 14.8 Å². The second-order valence-electron chi connectivity index (χ2n) is 6.94. The standard InChI is InChI=1S/C21H20IN5O3S/c1-13(27-16-8-3-4-9-17(16)30-11-19(27)29)20-24-25-21(26(20)2)31-12-18(28)23-15-7-5-6-14(22)10-15/h3-10,13H,11-12H2,1-2H3,(H,23,28)/t13-/m1/s1. The van der Waals surface area contributed by atoms with E-state index in [0.29, 0.717) is 22.4 Å². The third kappa shape index (κ3) is 4.69. The van der Waals surface area contributed by atoms with Crippen molar-refractivity contribution >= 4 is 57.5 Å². The quantitative estimate of drug-likeness (QED) is 0.373. The minimum atomic E-state index is -0.343. The van der Waals surface area contributed by atoms with Crippen LogP contribution in [0.15, 0.2) is 53.7 Å². The molecule has 3 aromatic rings. The summed E-state index contributed by atoms with van der Waals surface area (Å²) in [6.07, 6.45) is 0. The highest BCUT2D eigenvalue weighted by molar-refractivity contribution is 14.1. The van der Waals surface area contributed by atoms with E-state index in [1.807, 2.05) is 67.1 Å². The SMILES string of the molecule is C[C@H](c1nnc(SCC(=O)Nc2cccc(I)c2)n1C)N1C(=O)COc2ccccc21. The molecule has 0 unspecified atom stereocenters. The highest BCUT2D eigenvalue weighted by Gasteiger charge is 2.32. The van der Waals surface area contributed by atoms with Gasteiger partial charge in [-0.15, -0.1) is 10.2 Å². The highest BCUT2D eigenvalue weighted by atomic mass is 127. The summed E-state index contributed by atoms with van der Waals surface area (Å²) >= 11 is 3.50. The number of ether oxygens (including phenoxy) is 1. The molecular formula is C21H20IN5O3S. The molecule has 1 aliphatic heterocycles. The molecule has 0 radical (unpaired) electrons. The van der Waals surface area contributed by atoms with Crippen molar-refractivity contribution in [3.05, 3.63) is 57.9 Å². The maximum atomic E-state index is 12.6. The topological polar surface area (TPSA) is 89.4 Å². The fourth-order valence-corrected chi connectivity index (χ4v) is 4.63. The average Bonchev–Trinajstić information content (AvgIpc) is 3.12. The number of nitrogens with zero attached hydrogens (tertiary/aromatic N) is 4. The Morgan fingerprint density at radius 2 is 2.06 bits per heavy atom. The summed E-state index contributed by atoms with van der Waals surface area (Å²) in [5.74, 6) is 1.23. The number of para-hydroxylation sites is 2. The zero-order valence-electron chi connectivity index (χ0n) is 16.9. The number of halogens is 1.